The number of methoxy groups -OCH3 is 2. The number of phenolic OH excluding ortho intramolecular Hbond substituents is 1. The van der Waals surface area contributed by atoms with Gasteiger partial charge in [-0.25, -0.2) is 4.79 Å². The molecule has 2 fully saturated rings. The minimum Gasteiger partial charge on any atom is -0.507 e. The van der Waals surface area contributed by atoms with Gasteiger partial charge in [0, 0.05) is 59.5 Å². The van der Waals surface area contributed by atoms with E-state index in [0.717, 1.165) is 22.3 Å². The first-order valence-electron chi connectivity index (χ1n) is 21.3. The number of ether oxygens (including phenoxy) is 7. The number of carbonyl (C=O) groups excluding carboxylic acids is 3. The number of nitrogens with zero attached hydrogens (tertiary/aromatic N) is 3. The number of thioether (sulfide) groups is 1. The van der Waals surface area contributed by atoms with E-state index in [9.17, 15) is 20.0 Å². The van der Waals surface area contributed by atoms with Crippen molar-refractivity contribution in [3.05, 3.63) is 62.7 Å². The zero-order valence-electron chi connectivity index (χ0n) is 36.0. The van der Waals surface area contributed by atoms with E-state index in [4.69, 9.17) is 33.2 Å². The van der Waals surface area contributed by atoms with Gasteiger partial charge in [-0.2, -0.15) is 5.26 Å². The SMILES string of the molecule is CCCC(=O)Oc1cc2c(cc1OC)[C@@]1(CS[C@@H]3c4c(O)c(C)c5c(c4[C@H](COC1=O)N1C3[C@H]3c4c(cc(C)c(OC)c4OC(=O)CCC)C[C@H]([C@@H]1C#N)N3C)OCO5)NCC2. The molecule has 0 amide bonds. The molecule has 0 radical (unpaired) electrons. The van der Waals surface area contributed by atoms with Crippen LogP contribution in [0.1, 0.15) is 101 Å². The predicted molar refractivity (Wildman–Crippen MR) is 226 cm³/mol. The molecule has 0 aromatic heterocycles. The molecule has 7 heterocycles. The molecule has 0 saturated carbocycles. The number of nitriles is 1. The summed E-state index contributed by atoms with van der Waals surface area (Å²) in [6.07, 6.45) is 2.70. The normalized spacial score (nSPS) is 26.9. The molecular formula is C46H52N4O11S. The molecule has 62 heavy (non-hydrogen) atoms. The van der Waals surface area contributed by atoms with Crippen LogP contribution in [-0.2, 0) is 37.5 Å². The second-order valence-corrected chi connectivity index (χ2v) is 18.1. The van der Waals surface area contributed by atoms with Gasteiger partial charge in [0.1, 0.15) is 18.4 Å². The van der Waals surface area contributed by atoms with E-state index in [1.54, 1.807) is 26.2 Å². The fourth-order valence-corrected chi connectivity index (χ4v) is 12.5. The Labute approximate surface area is 364 Å². The van der Waals surface area contributed by atoms with Gasteiger partial charge in [0.15, 0.2) is 40.0 Å². The molecule has 16 heteroatoms. The number of esters is 3. The van der Waals surface area contributed by atoms with Crippen LogP contribution in [0, 0.1) is 25.2 Å². The molecule has 3 aromatic rings. The van der Waals surface area contributed by atoms with E-state index in [1.165, 1.54) is 18.9 Å². The highest BCUT2D eigenvalue weighted by molar-refractivity contribution is 7.99. The van der Waals surface area contributed by atoms with Gasteiger partial charge in [-0.05, 0) is 81.0 Å². The molecule has 1 spiro atoms. The molecule has 7 aliphatic rings. The summed E-state index contributed by atoms with van der Waals surface area (Å²) >= 11 is 1.47. The van der Waals surface area contributed by atoms with E-state index < -0.39 is 40.9 Å². The van der Waals surface area contributed by atoms with Crippen molar-refractivity contribution in [2.24, 2.45) is 0 Å². The third-order valence-corrected chi connectivity index (χ3v) is 15.0. The highest BCUT2D eigenvalue weighted by atomic mass is 32.2. The molecule has 1 unspecified atom stereocenters. The van der Waals surface area contributed by atoms with Crippen LogP contribution in [0.15, 0.2) is 18.2 Å². The summed E-state index contributed by atoms with van der Waals surface area (Å²) in [7, 11) is 5.06. The highest BCUT2D eigenvalue weighted by Crippen LogP contribution is 2.64. The molecule has 328 valence electrons. The van der Waals surface area contributed by atoms with Gasteiger partial charge in [0.05, 0.1) is 37.6 Å². The summed E-state index contributed by atoms with van der Waals surface area (Å²) in [4.78, 5) is 45.5. The molecule has 2 saturated heterocycles. The van der Waals surface area contributed by atoms with Crippen LogP contribution in [0.2, 0.25) is 0 Å². The number of piperazine rings is 1. The summed E-state index contributed by atoms with van der Waals surface area (Å²) < 4.78 is 42.6. The van der Waals surface area contributed by atoms with Crippen molar-refractivity contribution in [1.82, 2.24) is 15.1 Å². The number of aryl methyl sites for hydroxylation is 1. The van der Waals surface area contributed by atoms with Crippen molar-refractivity contribution in [2.75, 3.05) is 47.0 Å². The Balaban J connectivity index is 1.27. The summed E-state index contributed by atoms with van der Waals surface area (Å²) in [5.41, 5.74) is 4.34. The number of hydrogen-bond acceptors (Lipinski definition) is 16. The lowest BCUT2D eigenvalue weighted by molar-refractivity contribution is -0.157. The molecule has 7 aliphatic heterocycles. The Morgan fingerprint density at radius 3 is 2.42 bits per heavy atom. The lowest BCUT2D eigenvalue weighted by atomic mass is 9.71. The molecule has 4 bridgehead atoms. The quantitative estimate of drug-likeness (QED) is 0.206. The van der Waals surface area contributed by atoms with Crippen molar-refractivity contribution in [1.29, 1.82) is 5.26 Å². The van der Waals surface area contributed by atoms with Crippen molar-refractivity contribution < 1.29 is 52.6 Å². The van der Waals surface area contributed by atoms with Crippen molar-refractivity contribution in [3.8, 4) is 46.3 Å². The molecule has 15 nitrogen and oxygen atoms in total. The molecular weight excluding hydrogens is 817 g/mol. The van der Waals surface area contributed by atoms with E-state index >= 15 is 4.79 Å². The third-order valence-electron chi connectivity index (χ3n) is 13.5. The number of hydrogen-bond donors (Lipinski definition) is 2. The van der Waals surface area contributed by atoms with Crippen LogP contribution >= 0.6 is 11.8 Å². The fourth-order valence-electron chi connectivity index (χ4n) is 10.8. The molecule has 0 aliphatic carbocycles. The number of phenols is 1. The number of nitrogens with one attached hydrogen (secondary N) is 1. The molecule has 10 rings (SSSR count). The van der Waals surface area contributed by atoms with Gasteiger partial charge >= 0.3 is 17.9 Å². The average Bonchev–Trinajstić information content (AvgIpc) is 3.74. The highest BCUT2D eigenvalue weighted by Gasteiger charge is 2.62. The van der Waals surface area contributed by atoms with E-state index in [-0.39, 0.29) is 61.5 Å². The van der Waals surface area contributed by atoms with Crippen LogP contribution in [0.4, 0.5) is 0 Å². The maximum atomic E-state index is 15.0. The topological polar surface area (TPSA) is 178 Å². The van der Waals surface area contributed by atoms with Gasteiger partial charge in [-0.15, -0.1) is 11.8 Å². The van der Waals surface area contributed by atoms with E-state index in [0.29, 0.717) is 83.2 Å². The lowest BCUT2D eigenvalue weighted by Gasteiger charge is -2.62. The van der Waals surface area contributed by atoms with Crippen LogP contribution in [-0.4, -0.2) is 97.9 Å². The molecule has 3 aromatic carbocycles. The maximum absolute atomic E-state index is 15.0. The number of carbonyl (C=O) groups is 3. The average molecular weight is 869 g/mol. The second kappa shape index (κ2) is 16.2. The first kappa shape index (κ1) is 42.1. The van der Waals surface area contributed by atoms with Crippen LogP contribution < -0.4 is 33.7 Å². The fraction of sp³-hybridized carbons (Fsp3) is 0.522. The van der Waals surface area contributed by atoms with E-state index in [2.05, 4.69) is 27.3 Å². The summed E-state index contributed by atoms with van der Waals surface area (Å²) in [6, 6.07) is 5.43. The summed E-state index contributed by atoms with van der Waals surface area (Å²) in [5, 5.41) is 26.7. The Hall–Kier alpha value is -5.21. The predicted octanol–water partition coefficient (Wildman–Crippen LogP) is 5.77. The van der Waals surface area contributed by atoms with Gasteiger partial charge in [-0.1, -0.05) is 19.9 Å². The van der Waals surface area contributed by atoms with Crippen LogP contribution in [0.5, 0.6) is 40.2 Å². The smallest absolute Gasteiger partial charge is 0.331 e. The van der Waals surface area contributed by atoms with Gasteiger partial charge in [0.25, 0.3) is 0 Å². The van der Waals surface area contributed by atoms with Crippen molar-refractivity contribution in [2.45, 2.75) is 107 Å². The molecule has 2 N–H and O–H groups in total. The minimum absolute atomic E-state index is 0.0370. The maximum Gasteiger partial charge on any atom is 0.331 e. The zero-order valence-corrected chi connectivity index (χ0v) is 36.9. The Morgan fingerprint density at radius 1 is 0.968 bits per heavy atom. The lowest BCUT2D eigenvalue weighted by Crippen LogP contribution is -2.69. The zero-order chi connectivity index (χ0) is 43.8. The Morgan fingerprint density at radius 2 is 1.71 bits per heavy atom. The largest absolute Gasteiger partial charge is 0.507 e. The van der Waals surface area contributed by atoms with E-state index in [1.807, 2.05) is 27.8 Å². The van der Waals surface area contributed by atoms with Crippen molar-refractivity contribution >= 4 is 29.7 Å². The van der Waals surface area contributed by atoms with Crippen molar-refractivity contribution in [3.63, 3.8) is 0 Å². The standard InChI is InChI=1S/C46H52N4O11S/c1-8-10-32(51)60-31-16-24-12-13-48-46(26(24)17-30(31)55-6)20-62-44-36-35(42-41(58-21-59-42)23(4)39(36)53)29(19-57-45(46)54)50-28(18-47)27-15-25-14-22(3)40(56-7)43(61-33(52)11-9-2)34(25)37(38(44)50)49(27)5/h14,16-17,27-29,37-38,44,48,53H,8-13,15,19-21H2,1-7H3/t27-,28+,29+,37-,38?,44-,46-/m1/s1. The number of benzene rings is 3. The van der Waals surface area contributed by atoms with Gasteiger partial charge < -0.3 is 38.3 Å². The van der Waals surface area contributed by atoms with Gasteiger partial charge in [-0.3, -0.25) is 24.7 Å². The number of aromatic hydroxyl groups is 1. The molecule has 7 atom stereocenters. The second-order valence-electron chi connectivity index (χ2n) is 16.9. The Bertz CT molecular complexity index is 2420. The first-order valence-corrected chi connectivity index (χ1v) is 22.4. The summed E-state index contributed by atoms with van der Waals surface area (Å²) in [6.45, 7) is 7.72. The number of fused-ring (bicyclic) bond motifs is 9. The first-order chi connectivity index (χ1) is 29.9. The van der Waals surface area contributed by atoms with Crippen LogP contribution in [0.3, 0.4) is 0 Å². The Kier molecular flexibility index (Phi) is 11.0. The summed E-state index contributed by atoms with van der Waals surface area (Å²) in [5.74, 6) is 1.15. The monoisotopic (exact) mass is 868 g/mol. The van der Waals surface area contributed by atoms with Crippen LogP contribution in [0.25, 0.3) is 0 Å². The van der Waals surface area contributed by atoms with Gasteiger partial charge in [0.2, 0.25) is 6.79 Å². The minimum atomic E-state index is -1.40. The third kappa shape index (κ3) is 6.29. The number of rotatable bonds is 8. The number of likely N-dealkylation sites (N-methyl/N-ethyl adjacent to an activating group) is 1.